The molecule has 1 N–H and O–H groups in total. The lowest BCUT2D eigenvalue weighted by Gasteiger charge is -2.24. The van der Waals surface area contributed by atoms with Gasteiger partial charge in [0.25, 0.3) is 5.69 Å². The lowest BCUT2D eigenvalue weighted by atomic mass is 10.3. The number of non-ortho nitro benzene ring substituents is 1. The van der Waals surface area contributed by atoms with Crippen molar-refractivity contribution in [3.63, 3.8) is 0 Å². The Morgan fingerprint density at radius 3 is 2.00 bits per heavy atom. The first-order valence-electron chi connectivity index (χ1n) is 7.21. The summed E-state index contributed by atoms with van der Waals surface area (Å²) in [5, 5.41) is 18.8. The fraction of sp³-hybridized carbons (Fsp3) is 0.571. The second kappa shape index (κ2) is 11.6. The molecule has 146 valence electrons. The van der Waals surface area contributed by atoms with Crippen LogP contribution in [0, 0.1) is 10.1 Å². The highest BCUT2D eigenvalue weighted by Crippen LogP contribution is 2.40. The van der Waals surface area contributed by atoms with Crippen molar-refractivity contribution in [2.24, 2.45) is 0 Å². The Labute approximate surface area is 158 Å². The van der Waals surface area contributed by atoms with Crippen LogP contribution < -0.4 is 9.42 Å². The van der Waals surface area contributed by atoms with Gasteiger partial charge in [0.2, 0.25) is 0 Å². The second-order valence-electron chi connectivity index (χ2n) is 6.18. The van der Waals surface area contributed by atoms with E-state index in [1.165, 1.54) is 12.1 Å². The van der Waals surface area contributed by atoms with Crippen LogP contribution in [0.3, 0.4) is 0 Å². The van der Waals surface area contributed by atoms with E-state index in [1.807, 2.05) is 0 Å². The van der Waals surface area contributed by atoms with Gasteiger partial charge in [0.05, 0.1) is 38.8 Å². The maximum absolute atomic E-state index is 11.3. The van der Waals surface area contributed by atoms with Gasteiger partial charge in [-0.3, -0.25) is 14.7 Å². The predicted octanol–water partition coefficient (Wildman–Crippen LogP) is 2.13. The molecule has 0 aromatic heterocycles. The van der Waals surface area contributed by atoms with E-state index < -0.39 is 18.8 Å². The van der Waals surface area contributed by atoms with Crippen LogP contribution >= 0.6 is 24.8 Å². The molecule has 0 aliphatic carbocycles. The highest BCUT2D eigenvalue weighted by atomic mass is 79.9. The van der Waals surface area contributed by atoms with Gasteiger partial charge in [0.1, 0.15) is 12.3 Å². The van der Waals surface area contributed by atoms with Crippen molar-refractivity contribution in [1.29, 1.82) is 0 Å². The summed E-state index contributed by atoms with van der Waals surface area (Å²) in [4.78, 5) is 21.1. The number of rotatable bonds is 7. The Balaban J connectivity index is 0. The normalized spacial score (nSPS) is 13.1. The van der Waals surface area contributed by atoms with Crippen LogP contribution in [0.5, 0.6) is 5.75 Å². The van der Waals surface area contributed by atoms with Gasteiger partial charge < -0.3 is 23.5 Å². The van der Waals surface area contributed by atoms with Crippen molar-refractivity contribution in [2.45, 2.75) is 20.0 Å². The molecule has 9 nitrogen and oxygen atoms in total. The average Bonchev–Trinajstić information content (AvgIpc) is 2.36. The van der Waals surface area contributed by atoms with E-state index in [2.05, 4.69) is 30.2 Å². The molecule has 0 aliphatic rings. The highest BCUT2D eigenvalue weighted by molar-refractivity contribution is 8.93. The molecule has 0 saturated heterocycles. The number of likely N-dealkylation sites (N-methyl/N-ethyl adjacent to an activating group) is 1. The molecule has 1 unspecified atom stereocenters. The number of nitro benzene ring substituents is 1. The summed E-state index contributed by atoms with van der Waals surface area (Å²) in [7, 11) is 1.73. The van der Waals surface area contributed by atoms with E-state index in [0.717, 1.165) is 23.2 Å². The number of nitro groups is 1. The lowest BCUT2D eigenvalue weighted by molar-refractivity contribution is -0.870. The number of hydrogen-bond donors (Lipinski definition) is 1. The fourth-order valence-corrected chi connectivity index (χ4v) is 2.28. The molecule has 0 radical (unpaired) electrons. The Hall–Kier alpha value is -1.03. The summed E-state index contributed by atoms with van der Waals surface area (Å²) in [6.07, 6.45) is -0.531. The van der Waals surface area contributed by atoms with Gasteiger partial charge in [0, 0.05) is 12.1 Å². The fourth-order valence-electron chi connectivity index (χ4n) is 1.34. The third-order valence-electron chi connectivity index (χ3n) is 2.38. The molecule has 0 fully saturated rings. The second-order valence-corrected chi connectivity index (χ2v) is 7.47. The molecule has 1 atom stereocenters. The number of aliphatic hydroxyl groups excluding tert-OH is 1. The Kier molecular flexibility index (Phi) is 12.1. The number of aliphatic hydroxyl groups is 1. The molecule has 25 heavy (non-hydrogen) atoms. The molecule has 1 aromatic rings. The summed E-state index contributed by atoms with van der Waals surface area (Å²) in [6.45, 7) is 4.21. The monoisotopic (exact) mass is 444 g/mol. The maximum atomic E-state index is 11.3. The standard InChI is InChI=1S/C9H12NO6P.C5H14NO.BrH/c1-7(2)15-17(13,14)16-9-5-3-8(4-6-9)10(11)12;1-6(2,3)4-5-7;/h3-7H,1-2H3,(H,13,14);7H,4-5H2,1-3H3;1H/q;+1;/p-1. The molecule has 0 aliphatic heterocycles. The van der Waals surface area contributed by atoms with E-state index in [1.54, 1.807) is 13.8 Å². The summed E-state index contributed by atoms with van der Waals surface area (Å²) in [5.41, 5.74) is -0.150. The van der Waals surface area contributed by atoms with Gasteiger partial charge in [-0.05, 0) is 26.0 Å². The van der Waals surface area contributed by atoms with Crippen molar-refractivity contribution in [1.82, 2.24) is 0 Å². The van der Waals surface area contributed by atoms with Crippen LogP contribution in [0.15, 0.2) is 24.3 Å². The summed E-state index contributed by atoms with van der Waals surface area (Å²) >= 11 is 0. The van der Waals surface area contributed by atoms with Gasteiger partial charge >= 0.3 is 7.82 Å². The van der Waals surface area contributed by atoms with E-state index in [0.29, 0.717) is 0 Å². The minimum Gasteiger partial charge on any atom is -0.746 e. The molecular weight excluding hydrogens is 419 g/mol. The molecule has 11 heteroatoms. The van der Waals surface area contributed by atoms with Crippen molar-refractivity contribution in [3.8, 4) is 5.75 Å². The zero-order valence-electron chi connectivity index (χ0n) is 14.9. The zero-order valence-corrected chi connectivity index (χ0v) is 17.6. The minimum absolute atomic E-state index is 0. The molecular formula is C14H26BrN2O7P. The largest absolute Gasteiger partial charge is 0.746 e. The van der Waals surface area contributed by atoms with Gasteiger partial charge in [-0.1, -0.05) is 0 Å². The van der Waals surface area contributed by atoms with Crippen LogP contribution in [-0.2, 0) is 9.09 Å². The summed E-state index contributed by atoms with van der Waals surface area (Å²) < 4.78 is 21.3. The zero-order chi connectivity index (χ0) is 19.0. The van der Waals surface area contributed by atoms with Crippen LogP contribution in [0.25, 0.3) is 0 Å². The summed E-state index contributed by atoms with van der Waals surface area (Å²) in [5.74, 6) is -0.0328. The number of hydrogen-bond acceptors (Lipinski definition) is 7. The van der Waals surface area contributed by atoms with Crippen LogP contribution in [0.4, 0.5) is 5.69 Å². The minimum atomic E-state index is -4.43. The quantitative estimate of drug-likeness (QED) is 0.295. The van der Waals surface area contributed by atoms with Crippen molar-refractivity contribution in [2.75, 3.05) is 34.3 Å². The SMILES string of the molecule is Br.CC(C)OP(=O)([O-])Oc1ccc([N+](=O)[O-])cc1.C[N+](C)(C)CCO. The third-order valence-corrected chi connectivity index (χ3v) is 3.49. The predicted molar refractivity (Wildman–Crippen MR) is 97.9 cm³/mol. The maximum Gasteiger partial charge on any atom is 0.320 e. The number of benzene rings is 1. The van der Waals surface area contributed by atoms with Crippen LogP contribution in [0.1, 0.15) is 13.8 Å². The van der Waals surface area contributed by atoms with E-state index in [9.17, 15) is 19.6 Å². The molecule has 0 saturated carbocycles. The topological polar surface area (TPSA) is 122 Å². The third kappa shape index (κ3) is 13.9. The number of halogens is 1. The van der Waals surface area contributed by atoms with Gasteiger partial charge in [-0.15, -0.1) is 17.0 Å². The number of nitrogens with zero attached hydrogens (tertiary/aromatic N) is 2. The van der Waals surface area contributed by atoms with Crippen molar-refractivity contribution < 1.29 is 33.0 Å². The molecule has 1 rings (SSSR count). The molecule has 0 bridgehead atoms. The van der Waals surface area contributed by atoms with Crippen molar-refractivity contribution >= 4 is 30.5 Å². The lowest BCUT2D eigenvalue weighted by Crippen LogP contribution is -2.36. The van der Waals surface area contributed by atoms with Gasteiger partial charge in [0.15, 0.2) is 0 Å². The Bertz CT molecular complexity index is 561. The Morgan fingerprint density at radius 2 is 1.72 bits per heavy atom. The highest BCUT2D eigenvalue weighted by Gasteiger charge is 2.14. The number of phosphoric acid groups is 1. The van der Waals surface area contributed by atoms with E-state index in [4.69, 9.17) is 5.11 Å². The first kappa shape index (κ1) is 26.2. The van der Waals surface area contributed by atoms with Crippen LogP contribution in [0.2, 0.25) is 0 Å². The Morgan fingerprint density at radius 1 is 1.24 bits per heavy atom. The molecule has 0 amide bonds. The summed E-state index contributed by atoms with van der Waals surface area (Å²) in [6, 6.07) is 4.66. The van der Waals surface area contributed by atoms with E-state index >= 15 is 0 Å². The average molecular weight is 445 g/mol. The first-order valence-corrected chi connectivity index (χ1v) is 8.67. The molecule has 0 spiro atoms. The molecule has 0 heterocycles. The van der Waals surface area contributed by atoms with E-state index in [-0.39, 0.29) is 35.0 Å². The van der Waals surface area contributed by atoms with Crippen LogP contribution in [-0.4, -0.2) is 54.9 Å². The van der Waals surface area contributed by atoms with Crippen molar-refractivity contribution in [3.05, 3.63) is 34.4 Å². The number of quaternary nitrogens is 1. The molecule has 1 aromatic carbocycles. The number of phosphoric ester groups is 1. The van der Waals surface area contributed by atoms with Gasteiger partial charge in [-0.2, -0.15) is 0 Å². The first-order chi connectivity index (χ1) is 10.9. The van der Waals surface area contributed by atoms with Gasteiger partial charge in [-0.25, -0.2) is 0 Å². The smallest absolute Gasteiger partial charge is 0.320 e.